The number of aromatic nitrogens is 1. The van der Waals surface area contributed by atoms with E-state index in [-0.39, 0.29) is 17.0 Å². The number of carbonyl (C=O) groups excluding carboxylic acids is 1. The van der Waals surface area contributed by atoms with Crippen LogP contribution in [0.4, 0.5) is 5.69 Å². The fourth-order valence-corrected chi connectivity index (χ4v) is 1.52. The van der Waals surface area contributed by atoms with Crippen molar-refractivity contribution in [3.05, 3.63) is 64.6 Å². The van der Waals surface area contributed by atoms with Crippen LogP contribution in [0.5, 0.6) is 0 Å². The van der Waals surface area contributed by atoms with Gasteiger partial charge in [0.05, 0.1) is 0 Å². The molecule has 1 amide bonds. The molecule has 0 aliphatic rings. The molecule has 0 fully saturated rings. The highest BCUT2D eigenvalue weighted by molar-refractivity contribution is 6.04. The summed E-state index contributed by atoms with van der Waals surface area (Å²) in [6.45, 7) is 0. The van der Waals surface area contributed by atoms with Crippen LogP contribution >= 0.6 is 0 Å². The Labute approximate surface area is 98.5 Å². The van der Waals surface area contributed by atoms with E-state index in [9.17, 15) is 9.59 Å². The number of nitrogens with one attached hydrogen (secondary N) is 1. The number of para-hydroxylation sites is 1. The number of anilines is 1. The number of pyridine rings is 1. The summed E-state index contributed by atoms with van der Waals surface area (Å²) in [5.41, 5.74) is 0.875. The second-order valence-corrected chi connectivity index (χ2v) is 3.64. The first-order valence-electron chi connectivity index (χ1n) is 5.20. The van der Waals surface area contributed by atoms with Gasteiger partial charge in [-0.15, -0.1) is 0 Å². The van der Waals surface area contributed by atoms with Gasteiger partial charge in [-0.2, -0.15) is 0 Å². The molecule has 0 atom stereocenters. The van der Waals surface area contributed by atoms with Crippen molar-refractivity contribution in [3.8, 4) is 0 Å². The van der Waals surface area contributed by atoms with Crippen LogP contribution in [0.1, 0.15) is 10.5 Å². The van der Waals surface area contributed by atoms with Crippen molar-refractivity contribution in [1.82, 2.24) is 4.98 Å². The van der Waals surface area contributed by atoms with Crippen LogP contribution in [0, 0.1) is 0 Å². The lowest BCUT2D eigenvalue weighted by molar-refractivity contribution is 0.0988. The first-order valence-corrected chi connectivity index (χ1v) is 5.20. The summed E-state index contributed by atoms with van der Waals surface area (Å²) >= 11 is 0. The molecule has 0 radical (unpaired) electrons. The minimum absolute atomic E-state index is 0.187. The van der Waals surface area contributed by atoms with Gasteiger partial charge in [-0.1, -0.05) is 18.2 Å². The van der Waals surface area contributed by atoms with Gasteiger partial charge in [0.1, 0.15) is 5.69 Å². The molecule has 4 nitrogen and oxygen atoms in total. The van der Waals surface area contributed by atoms with E-state index < -0.39 is 0 Å². The van der Waals surface area contributed by atoms with E-state index in [0.29, 0.717) is 0 Å². The Hall–Kier alpha value is -2.36. The van der Waals surface area contributed by atoms with Gasteiger partial charge >= 0.3 is 0 Å². The lowest BCUT2D eigenvalue weighted by Gasteiger charge is -2.16. The topological polar surface area (TPSA) is 53.2 Å². The first-order chi connectivity index (χ1) is 8.18. The van der Waals surface area contributed by atoms with Crippen LogP contribution in [-0.2, 0) is 0 Å². The maximum absolute atomic E-state index is 12.1. The van der Waals surface area contributed by atoms with Crippen LogP contribution in [0.15, 0.2) is 53.5 Å². The summed E-state index contributed by atoms with van der Waals surface area (Å²) in [6, 6.07) is 11.9. The van der Waals surface area contributed by atoms with Crippen molar-refractivity contribution < 1.29 is 4.79 Å². The normalized spacial score (nSPS) is 9.94. The number of rotatable bonds is 2. The summed E-state index contributed by atoms with van der Waals surface area (Å²) in [7, 11) is 1.67. The predicted molar refractivity (Wildman–Crippen MR) is 66.2 cm³/mol. The van der Waals surface area contributed by atoms with Crippen molar-refractivity contribution in [2.45, 2.75) is 0 Å². The lowest BCUT2D eigenvalue weighted by Crippen LogP contribution is -2.27. The zero-order valence-electron chi connectivity index (χ0n) is 9.38. The summed E-state index contributed by atoms with van der Waals surface area (Å²) in [4.78, 5) is 27.5. The number of H-pyrrole nitrogens is 1. The molecule has 1 aromatic carbocycles. The molecule has 17 heavy (non-hydrogen) atoms. The quantitative estimate of drug-likeness (QED) is 0.849. The molecule has 0 aliphatic carbocycles. The zero-order valence-corrected chi connectivity index (χ0v) is 9.38. The van der Waals surface area contributed by atoms with Gasteiger partial charge in [0.25, 0.3) is 5.91 Å². The summed E-state index contributed by atoms with van der Waals surface area (Å²) in [5.74, 6) is -0.242. The van der Waals surface area contributed by atoms with Gasteiger partial charge in [-0.05, 0) is 12.1 Å². The molecule has 0 saturated heterocycles. The highest BCUT2D eigenvalue weighted by Crippen LogP contribution is 2.12. The maximum Gasteiger partial charge on any atom is 0.274 e. The average molecular weight is 228 g/mol. The zero-order chi connectivity index (χ0) is 12.3. The molecule has 2 rings (SSSR count). The predicted octanol–water partition coefficient (Wildman–Crippen LogP) is 1.65. The van der Waals surface area contributed by atoms with E-state index in [2.05, 4.69) is 4.98 Å². The van der Waals surface area contributed by atoms with E-state index in [1.807, 2.05) is 30.3 Å². The monoisotopic (exact) mass is 228 g/mol. The average Bonchev–Trinajstić information content (AvgIpc) is 2.38. The Bertz CT molecular complexity index is 575. The van der Waals surface area contributed by atoms with Gasteiger partial charge in [-0.25, -0.2) is 0 Å². The van der Waals surface area contributed by atoms with Gasteiger partial charge < -0.3 is 9.88 Å². The largest absolute Gasteiger partial charge is 0.357 e. The summed E-state index contributed by atoms with van der Waals surface area (Å²) < 4.78 is 0. The molecule has 0 aliphatic heterocycles. The third-order valence-corrected chi connectivity index (χ3v) is 2.45. The number of hydrogen-bond acceptors (Lipinski definition) is 2. The number of carbonyl (C=O) groups is 1. The van der Waals surface area contributed by atoms with Crippen LogP contribution < -0.4 is 10.3 Å². The van der Waals surface area contributed by atoms with Gasteiger partial charge in [0.15, 0.2) is 5.43 Å². The molecule has 0 bridgehead atoms. The minimum Gasteiger partial charge on any atom is -0.357 e. The number of nitrogens with zero attached hydrogens (tertiary/aromatic N) is 1. The molecule has 0 saturated carbocycles. The van der Waals surface area contributed by atoms with E-state index in [4.69, 9.17) is 0 Å². The number of amides is 1. The van der Waals surface area contributed by atoms with E-state index in [1.165, 1.54) is 23.2 Å². The van der Waals surface area contributed by atoms with Gasteiger partial charge in [-0.3, -0.25) is 9.59 Å². The van der Waals surface area contributed by atoms with Crippen molar-refractivity contribution in [1.29, 1.82) is 0 Å². The molecule has 1 aromatic heterocycles. The van der Waals surface area contributed by atoms with Crippen LogP contribution in [-0.4, -0.2) is 17.9 Å². The smallest absolute Gasteiger partial charge is 0.274 e. The SMILES string of the molecule is CN(C(=O)c1cc(=O)cc[nH]1)c1ccccc1. The Morgan fingerprint density at radius 3 is 2.53 bits per heavy atom. The summed E-state index contributed by atoms with van der Waals surface area (Å²) in [5, 5.41) is 0. The van der Waals surface area contributed by atoms with Crippen LogP contribution in [0.25, 0.3) is 0 Å². The first kappa shape index (κ1) is 11.1. The van der Waals surface area contributed by atoms with E-state index in [0.717, 1.165) is 5.69 Å². The molecule has 86 valence electrons. The Kier molecular flexibility index (Phi) is 3.05. The van der Waals surface area contributed by atoms with Crippen molar-refractivity contribution in [2.75, 3.05) is 11.9 Å². The lowest BCUT2D eigenvalue weighted by atomic mass is 10.2. The second-order valence-electron chi connectivity index (χ2n) is 3.64. The molecule has 4 heteroatoms. The number of benzene rings is 1. The Balaban J connectivity index is 2.30. The van der Waals surface area contributed by atoms with Crippen molar-refractivity contribution in [3.63, 3.8) is 0 Å². The molecule has 0 unspecified atom stereocenters. The minimum atomic E-state index is -0.242. The molecule has 0 spiro atoms. The van der Waals surface area contributed by atoms with E-state index in [1.54, 1.807) is 7.05 Å². The third-order valence-electron chi connectivity index (χ3n) is 2.45. The standard InChI is InChI=1S/C13H12N2O2/c1-15(10-5-3-2-4-6-10)13(17)12-9-11(16)7-8-14-12/h2-9H,1H3,(H,14,16). The van der Waals surface area contributed by atoms with Crippen LogP contribution in [0.2, 0.25) is 0 Å². The van der Waals surface area contributed by atoms with E-state index >= 15 is 0 Å². The third kappa shape index (κ3) is 2.42. The van der Waals surface area contributed by atoms with Crippen molar-refractivity contribution >= 4 is 11.6 Å². The highest BCUT2D eigenvalue weighted by Gasteiger charge is 2.13. The van der Waals surface area contributed by atoms with Crippen molar-refractivity contribution in [2.24, 2.45) is 0 Å². The Morgan fingerprint density at radius 2 is 1.88 bits per heavy atom. The van der Waals surface area contributed by atoms with Gasteiger partial charge in [0, 0.05) is 31.1 Å². The van der Waals surface area contributed by atoms with Gasteiger partial charge in [0.2, 0.25) is 0 Å². The van der Waals surface area contributed by atoms with Crippen LogP contribution in [0.3, 0.4) is 0 Å². The molecular weight excluding hydrogens is 216 g/mol. The molecular formula is C13H12N2O2. The fourth-order valence-electron chi connectivity index (χ4n) is 1.52. The highest BCUT2D eigenvalue weighted by atomic mass is 16.2. The molecule has 2 aromatic rings. The maximum atomic E-state index is 12.1. The molecule has 1 heterocycles. The summed E-state index contributed by atoms with van der Waals surface area (Å²) in [6.07, 6.45) is 1.47. The Morgan fingerprint density at radius 1 is 1.18 bits per heavy atom. The number of aromatic amines is 1. The number of hydrogen-bond donors (Lipinski definition) is 1. The fraction of sp³-hybridized carbons (Fsp3) is 0.0769. The molecule has 1 N–H and O–H groups in total. The second kappa shape index (κ2) is 4.65.